The highest BCUT2D eigenvalue weighted by Gasteiger charge is 2.50. The van der Waals surface area contributed by atoms with Crippen LogP contribution < -0.4 is 0 Å². The van der Waals surface area contributed by atoms with E-state index in [2.05, 4.69) is 159 Å². The number of para-hydroxylation sites is 1. The predicted molar refractivity (Wildman–Crippen MR) is 269 cm³/mol. The number of rotatable bonds is 7. The van der Waals surface area contributed by atoms with Gasteiger partial charge in [-0.3, -0.25) is 0 Å². The summed E-state index contributed by atoms with van der Waals surface area (Å²) >= 11 is 1.87. The Morgan fingerprint density at radius 1 is 0.446 bits per heavy atom. The molecule has 1 aliphatic heterocycles. The third kappa shape index (κ3) is 6.22. The molecule has 3 heterocycles. The number of aromatic nitrogens is 4. The van der Waals surface area contributed by atoms with Gasteiger partial charge in [-0.05, 0) is 63.6 Å². The number of allylic oxidation sites excluding steroid dienone is 4. The second kappa shape index (κ2) is 15.7. The average Bonchev–Trinajstić information content (AvgIpc) is 3.67. The fourth-order valence-corrected chi connectivity index (χ4v) is 11.3. The summed E-state index contributed by atoms with van der Waals surface area (Å²) in [5.74, 6) is 1.93. The molecule has 0 atom stereocenters. The van der Waals surface area contributed by atoms with E-state index < -0.39 is 5.41 Å². The Morgan fingerprint density at radius 3 is 1.52 bits per heavy atom. The number of fused-ring (bicyclic) bond motifs is 11. The van der Waals surface area contributed by atoms with Crippen LogP contribution in [0.5, 0.6) is 0 Å². The normalized spacial score (nSPS) is 13.6. The molecule has 2 aromatic heterocycles. The van der Waals surface area contributed by atoms with Crippen LogP contribution in [0.3, 0.4) is 0 Å². The van der Waals surface area contributed by atoms with Gasteiger partial charge in [-0.2, -0.15) is 0 Å². The molecule has 2 aliphatic rings. The zero-order valence-electron chi connectivity index (χ0n) is 35.6. The van der Waals surface area contributed by atoms with Crippen molar-refractivity contribution in [3.05, 3.63) is 246 Å². The van der Waals surface area contributed by atoms with Gasteiger partial charge < -0.3 is 0 Å². The molecular weight excluding hydrogens is 809 g/mol. The zero-order chi connectivity index (χ0) is 43.5. The molecule has 5 heteroatoms. The first-order chi connectivity index (χ1) is 32.1. The van der Waals surface area contributed by atoms with Crippen molar-refractivity contribution in [1.29, 1.82) is 0 Å². The topological polar surface area (TPSA) is 51.6 Å². The molecule has 306 valence electrons. The lowest BCUT2D eigenvalue weighted by atomic mass is 9.67. The maximum absolute atomic E-state index is 5.40. The zero-order valence-corrected chi connectivity index (χ0v) is 36.4. The summed E-state index contributed by atoms with van der Waals surface area (Å²) in [5, 5.41) is 3.52. The number of hydrogen-bond donors (Lipinski definition) is 0. The molecule has 0 N–H and O–H groups in total. The van der Waals surface area contributed by atoms with Crippen molar-refractivity contribution in [1.82, 2.24) is 19.9 Å². The fourth-order valence-electron chi connectivity index (χ4n) is 10.0. The molecule has 65 heavy (non-hydrogen) atoms. The van der Waals surface area contributed by atoms with Crippen LogP contribution in [-0.2, 0) is 5.41 Å². The van der Waals surface area contributed by atoms with E-state index in [-0.39, 0.29) is 0 Å². The molecule has 1 spiro atoms. The van der Waals surface area contributed by atoms with Crippen LogP contribution in [0.25, 0.3) is 89.4 Å². The molecule has 8 aromatic carbocycles. The van der Waals surface area contributed by atoms with Crippen molar-refractivity contribution in [2.75, 3.05) is 0 Å². The van der Waals surface area contributed by atoms with E-state index in [4.69, 9.17) is 19.9 Å². The van der Waals surface area contributed by atoms with Gasteiger partial charge in [-0.15, -0.1) is 0 Å². The third-order valence-electron chi connectivity index (χ3n) is 13.0. The van der Waals surface area contributed by atoms with Crippen molar-refractivity contribution in [2.45, 2.75) is 17.2 Å². The first-order valence-corrected chi connectivity index (χ1v) is 22.7. The van der Waals surface area contributed by atoms with Crippen molar-refractivity contribution < 1.29 is 0 Å². The summed E-state index contributed by atoms with van der Waals surface area (Å²) in [5.41, 5.74) is 15.5. The number of hydrogen-bond acceptors (Lipinski definition) is 5. The van der Waals surface area contributed by atoms with E-state index in [1.54, 1.807) is 0 Å². The third-order valence-corrected chi connectivity index (χ3v) is 14.3. The van der Waals surface area contributed by atoms with Crippen LogP contribution in [0.15, 0.2) is 234 Å². The van der Waals surface area contributed by atoms with Crippen LogP contribution in [0, 0.1) is 0 Å². The van der Waals surface area contributed by atoms with Gasteiger partial charge in [-0.25, -0.2) is 19.9 Å². The van der Waals surface area contributed by atoms with Gasteiger partial charge in [0.15, 0.2) is 17.5 Å². The number of pyridine rings is 1. The number of benzene rings is 8. The van der Waals surface area contributed by atoms with Gasteiger partial charge >= 0.3 is 0 Å². The molecule has 10 aromatic rings. The molecule has 1 aliphatic carbocycles. The molecule has 0 bridgehead atoms. The first-order valence-electron chi connectivity index (χ1n) is 21.9. The number of nitrogens with zero attached hydrogens (tertiary/aromatic N) is 4. The minimum absolute atomic E-state index is 0.456. The van der Waals surface area contributed by atoms with Crippen LogP contribution in [0.1, 0.15) is 23.6 Å². The monoisotopic (exact) mass is 848 g/mol. The van der Waals surface area contributed by atoms with Gasteiger partial charge in [0.05, 0.1) is 16.6 Å². The molecule has 4 nitrogen and oxygen atoms in total. The standard InChI is InChI=1S/C60H40N4S/c1-3-4-27-53-38(2)60(49-24-14-11-21-45(49)46-22-12-15-25-50(46)60)51-37-36-48-54(56(51)65-53)47-23-13-16-26-52(47)61-55(48)41-32-28-39(29-33-41)40-30-34-44(35-31-40)59-63-57(42-17-7-5-8-18-42)62-58(64-59)43-19-9-6-10-20-43/h3-37H,1H2,2H3/b27-4-. The van der Waals surface area contributed by atoms with Gasteiger partial charge in [0, 0.05) is 48.2 Å². The largest absolute Gasteiger partial charge is 0.247 e. The molecule has 0 fully saturated rings. The quantitative estimate of drug-likeness (QED) is 0.118. The smallest absolute Gasteiger partial charge is 0.164 e. The molecule has 0 saturated carbocycles. The van der Waals surface area contributed by atoms with Crippen LogP contribution in [-0.4, -0.2) is 19.9 Å². The first kappa shape index (κ1) is 38.7. The Labute approximate surface area is 382 Å². The van der Waals surface area contributed by atoms with Crippen LogP contribution in [0.2, 0.25) is 0 Å². The predicted octanol–water partition coefficient (Wildman–Crippen LogP) is 15.3. The Kier molecular flexibility index (Phi) is 9.32. The van der Waals surface area contributed by atoms with Crippen LogP contribution >= 0.6 is 11.8 Å². The van der Waals surface area contributed by atoms with E-state index in [1.165, 1.54) is 48.6 Å². The van der Waals surface area contributed by atoms with Gasteiger partial charge in [0.25, 0.3) is 0 Å². The minimum atomic E-state index is -0.456. The van der Waals surface area contributed by atoms with E-state index in [1.807, 2.05) is 78.5 Å². The molecule has 0 radical (unpaired) electrons. The summed E-state index contributed by atoms with van der Waals surface area (Å²) in [7, 11) is 0. The molecule has 0 unspecified atom stereocenters. The second-order valence-electron chi connectivity index (χ2n) is 16.6. The highest BCUT2D eigenvalue weighted by Crippen LogP contribution is 2.63. The van der Waals surface area contributed by atoms with E-state index in [0.717, 1.165) is 55.4 Å². The van der Waals surface area contributed by atoms with Crippen molar-refractivity contribution >= 4 is 33.4 Å². The molecule has 0 saturated heterocycles. The SMILES string of the molecule is C=C/C=C\C1=C(C)C2(c3ccccc3-c3ccccc32)c2ccc3c(-c4ccc(-c5ccc(-c6nc(-c7ccccc7)nc(-c7ccccc7)n6)cc5)cc4)nc4ccccc4c3c2S1. The van der Waals surface area contributed by atoms with E-state index in [9.17, 15) is 0 Å². The summed E-state index contributed by atoms with van der Waals surface area (Å²) in [6.45, 7) is 6.37. The molecule has 0 amide bonds. The summed E-state index contributed by atoms with van der Waals surface area (Å²) in [6, 6.07) is 68.8. The van der Waals surface area contributed by atoms with Gasteiger partial charge in [0.2, 0.25) is 0 Å². The van der Waals surface area contributed by atoms with Crippen molar-refractivity contribution in [2.24, 2.45) is 0 Å². The maximum atomic E-state index is 5.40. The average molecular weight is 849 g/mol. The Balaban J connectivity index is 0.964. The highest BCUT2D eigenvalue weighted by molar-refractivity contribution is 8.03. The van der Waals surface area contributed by atoms with E-state index >= 15 is 0 Å². The Hall–Kier alpha value is -7.99. The van der Waals surface area contributed by atoms with Crippen LogP contribution in [0.4, 0.5) is 0 Å². The highest BCUT2D eigenvalue weighted by atomic mass is 32.2. The molecule has 12 rings (SSSR count). The van der Waals surface area contributed by atoms with Crippen molar-refractivity contribution in [3.63, 3.8) is 0 Å². The Bertz CT molecular complexity index is 3470. The number of thioether (sulfide) groups is 1. The lowest BCUT2D eigenvalue weighted by molar-refractivity contribution is 0.725. The van der Waals surface area contributed by atoms with Gasteiger partial charge in [-0.1, -0.05) is 219 Å². The van der Waals surface area contributed by atoms with Crippen molar-refractivity contribution in [3.8, 4) is 67.7 Å². The summed E-state index contributed by atoms with van der Waals surface area (Å²) < 4.78 is 0. The molecular formula is C60H40N4S. The summed E-state index contributed by atoms with van der Waals surface area (Å²) in [4.78, 5) is 22.7. The lowest BCUT2D eigenvalue weighted by Gasteiger charge is -2.40. The van der Waals surface area contributed by atoms with E-state index in [0.29, 0.717) is 17.5 Å². The fraction of sp³-hybridized carbons (Fsp3) is 0.0333. The maximum Gasteiger partial charge on any atom is 0.164 e. The Morgan fingerprint density at radius 2 is 0.938 bits per heavy atom. The second-order valence-corrected chi connectivity index (χ2v) is 17.6. The minimum Gasteiger partial charge on any atom is -0.247 e. The lowest BCUT2D eigenvalue weighted by Crippen LogP contribution is -2.32. The summed E-state index contributed by atoms with van der Waals surface area (Å²) in [6.07, 6.45) is 6.18. The van der Waals surface area contributed by atoms with Gasteiger partial charge in [0.1, 0.15) is 0 Å².